The molecule has 2 heterocycles. The minimum Gasteiger partial charge on any atom is -0.492 e. The van der Waals surface area contributed by atoms with Crippen LogP contribution in [0.2, 0.25) is 0 Å². The Labute approximate surface area is 211 Å². The topological polar surface area (TPSA) is 82.9 Å². The predicted octanol–water partition coefficient (Wildman–Crippen LogP) is 4.47. The van der Waals surface area contributed by atoms with Gasteiger partial charge in [-0.1, -0.05) is 44.2 Å². The highest BCUT2D eigenvalue weighted by atomic mass is 16.5. The minimum absolute atomic E-state index is 0.00482. The van der Waals surface area contributed by atoms with Gasteiger partial charge in [0.2, 0.25) is 0 Å². The summed E-state index contributed by atoms with van der Waals surface area (Å²) >= 11 is 0. The maximum atomic E-state index is 12.9. The Bertz CT molecular complexity index is 1200. The normalized spacial score (nSPS) is 18.0. The number of likely N-dealkylation sites (tertiary alicyclic amines) is 1. The second kappa shape index (κ2) is 11.4. The molecule has 0 N–H and O–H groups in total. The van der Waals surface area contributed by atoms with Gasteiger partial charge >= 0.3 is 11.9 Å². The Morgan fingerprint density at radius 2 is 1.64 bits per heavy atom. The first-order valence-electron chi connectivity index (χ1n) is 12.2. The third-order valence-corrected chi connectivity index (χ3v) is 6.38. The summed E-state index contributed by atoms with van der Waals surface area (Å²) in [5, 5.41) is 4.65. The van der Waals surface area contributed by atoms with Gasteiger partial charge in [-0.2, -0.15) is 5.10 Å². The molecule has 0 bridgehead atoms. The molecule has 8 heteroatoms. The maximum absolute atomic E-state index is 12.9. The molecule has 0 spiro atoms. The summed E-state index contributed by atoms with van der Waals surface area (Å²) in [4.78, 5) is 28.1. The quantitative estimate of drug-likeness (QED) is 0.430. The Hall–Kier alpha value is -3.65. The van der Waals surface area contributed by atoms with E-state index in [4.69, 9.17) is 14.2 Å². The Morgan fingerprint density at radius 3 is 2.31 bits per heavy atom. The van der Waals surface area contributed by atoms with Crippen molar-refractivity contribution >= 4 is 11.9 Å². The van der Waals surface area contributed by atoms with Crippen LogP contribution in [0.15, 0.2) is 54.6 Å². The Morgan fingerprint density at radius 1 is 0.944 bits per heavy atom. The summed E-state index contributed by atoms with van der Waals surface area (Å²) < 4.78 is 17.5. The van der Waals surface area contributed by atoms with Gasteiger partial charge < -0.3 is 14.2 Å². The van der Waals surface area contributed by atoms with Crippen LogP contribution in [0.25, 0.3) is 16.9 Å². The Kier molecular flexibility index (Phi) is 8.05. The highest BCUT2D eigenvalue weighted by Gasteiger charge is 2.31. The molecule has 0 aliphatic carbocycles. The number of hydrogen-bond donors (Lipinski definition) is 0. The summed E-state index contributed by atoms with van der Waals surface area (Å²) in [6, 6.07) is 16.5. The van der Waals surface area contributed by atoms with Crippen LogP contribution in [-0.4, -0.2) is 67.1 Å². The van der Waals surface area contributed by atoms with Gasteiger partial charge in [-0.15, -0.1) is 0 Å². The standard InChI is InChI=1S/C28H33N3O5/c1-19-15-20(2)18-30(17-19)13-14-36-23-12-8-9-21(16-23)25-24(27(32)34-3)26(28(33)35-4)31(29-25)22-10-6-5-7-11-22/h5-12,16,19-20H,13-15,17-18H2,1-4H3. The molecule has 36 heavy (non-hydrogen) atoms. The summed E-state index contributed by atoms with van der Waals surface area (Å²) in [5.74, 6) is 0.688. The van der Waals surface area contributed by atoms with E-state index in [1.165, 1.54) is 25.3 Å². The van der Waals surface area contributed by atoms with Crippen molar-refractivity contribution in [2.24, 2.45) is 11.8 Å². The number of para-hydroxylation sites is 1. The molecule has 1 aliphatic rings. The molecule has 1 fully saturated rings. The molecular weight excluding hydrogens is 458 g/mol. The monoisotopic (exact) mass is 491 g/mol. The fraction of sp³-hybridized carbons (Fsp3) is 0.393. The van der Waals surface area contributed by atoms with Crippen LogP contribution in [0, 0.1) is 11.8 Å². The van der Waals surface area contributed by atoms with E-state index in [0.29, 0.717) is 41.1 Å². The molecule has 8 nitrogen and oxygen atoms in total. The smallest absolute Gasteiger partial charge is 0.357 e. The molecule has 1 aromatic heterocycles. The highest BCUT2D eigenvalue weighted by Crippen LogP contribution is 2.31. The molecule has 1 saturated heterocycles. The van der Waals surface area contributed by atoms with E-state index < -0.39 is 11.9 Å². The third-order valence-electron chi connectivity index (χ3n) is 6.38. The Balaban J connectivity index is 1.65. The van der Waals surface area contributed by atoms with Crippen molar-refractivity contribution in [2.75, 3.05) is 40.5 Å². The van der Waals surface area contributed by atoms with Gasteiger partial charge in [0, 0.05) is 25.2 Å². The predicted molar refractivity (Wildman–Crippen MR) is 137 cm³/mol. The van der Waals surface area contributed by atoms with Crippen molar-refractivity contribution < 1.29 is 23.8 Å². The van der Waals surface area contributed by atoms with Crippen LogP contribution in [0.3, 0.4) is 0 Å². The van der Waals surface area contributed by atoms with Crippen molar-refractivity contribution in [3.05, 3.63) is 65.9 Å². The number of ether oxygens (including phenoxy) is 3. The molecule has 0 radical (unpaired) electrons. The van der Waals surface area contributed by atoms with E-state index in [1.807, 2.05) is 42.5 Å². The molecule has 0 saturated carbocycles. The molecule has 2 atom stereocenters. The van der Waals surface area contributed by atoms with Gasteiger partial charge in [-0.05, 0) is 42.5 Å². The second-order valence-corrected chi connectivity index (χ2v) is 9.38. The van der Waals surface area contributed by atoms with Crippen molar-refractivity contribution in [2.45, 2.75) is 20.3 Å². The van der Waals surface area contributed by atoms with Crippen LogP contribution < -0.4 is 4.74 Å². The van der Waals surface area contributed by atoms with Crippen LogP contribution in [0.5, 0.6) is 5.75 Å². The number of rotatable bonds is 8. The lowest BCUT2D eigenvalue weighted by Crippen LogP contribution is -2.40. The zero-order chi connectivity index (χ0) is 25.7. The number of piperidine rings is 1. The van der Waals surface area contributed by atoms with Crippen LogP contribution >= 0.6 is 0 Å². The first-order valence-corrected chi connectivity index (χ1v) is 12.2. The van der Waals surface area contributed by atoms with Crippen LogP contribution in [0.1, 0.15) is 41.1 Å². The van der Waals surface area contributed by atoms with Crippen molar-refractivity contribution in [3.8, 4) is 22.7 Å². The lowest BCUT2D eigenvalue weighted by Gasteiger charge is -2.34. The fourth-order valence-corrected chi connectivity index (χ4v) is 4.96. The van der Waals surface area contributed by atoms with Crippen molar-refractivity contribution in [1.29, 1.82) is 0 Å². The van der Waals surface area contributed by atoms with Gasteiger partial charge in [-0.25, -0.2) is 14.3 Å². The molecule has 3 aromatic rings. The van der Waals surface area contributed by atoms with Crippen LogP contribution in [0.4, 0.5) is 0 Å². The molecule has 0 amide bonds. The van der Waals surface area contributed by atoms with Gasteiger partial charge in [0.05, 0.1) is 19.9 Å². The maximum Gasteiger partial charge on any atom is 0.357 e. The average Bonchev–Trinajstić information content (AvgIpc) is 3.29. The third kappa shape index (κ3) is 5.60. The number of carbonyl (C=O) groups excluding carboxylic acids is 2. The average molecular weight is 492 g/mol. The van der Waals surface area contributed by atoms with Gasteiger partial charge in [0.25, 0.3) is 0 Å². The summed E-state index contributed by atoms with van der Waals surface area (Å²) in [6.07, 6.45) is 1.27. The first kappa shape index (κ1) is 25.4. The molecule has 1 aliphatic heterocycles. The van der Waals surface area contributed by atoms with E-state index in [9.17, 15) is 9.59 Å². The lowest BCUT2D eigenvalue weighted by molar-refractivity contribution is 0.0549. The molecule has 190 valence electrons. The summed E-state index contributed by atoms with van der Waals surface area (Å²) in [5.41, 5.74) is 1.61. The zero-order valence-electron chi connectivity index (χ0n) is 21.3. The van der Waals surface area contributed by atoms with Crippen LogP contribution in [-0.2, 0) is 9.47 Å². The molecular formula is C28H33N3O5. The van der Waals surface area contributed by atoms with E-state index in [-0.39, 0.29) is 11.3 Å². The number of nitrogens with zero attached hydrogens (tertiary/aromatic N) is 3. The minimum atomic E-state index is -0.685. The number of benzene rings is 2. The number of hydrogen-bond acceptors (Lipinski definition) is 7. The number of esters is 2. The van der Waals surface area contributed by atoms with E-state index in [1.54, 1.807) is 12.1 Å². The molecule has 2 unspecified atom stereocenters. The number of aromatic nitrogens is 2. The van der Waals surface area contributed by atoms with Gasteiger partial charge in [0.1, 0.15) is 23.6 Å². The van der Waals surface area contributed by atoms with E-state index in [0.717, 1.165) is 19.6 Å². The van der Waals surface area contributed by atoms with Gasteiger partial charge in [-0.3, -0.25) is 4.90 Å². The summed E-state index contributed by atoms with van der Waals surface area (Å²) in [7, 11) is 2.54. The molecule has 4 rings (SSSR count). The number of methoxy groups -OCH3 is 2. The zero-order valence-corrected chi connectivity index (χ0v) is 21.3. The lowest BCUT2D eigenvalue weighted by atomic mass is 9.92. The summed E-state index contributed by atoms with van der Waals surface area (Å²) in [6.45, 7) is 8.17. The number of carbonyl (C=O) groups is 2. The largest absolute Gasteiger partial charge is 0.492 e. The van der Waals surface area contributed by atoms with E-state index >= 15 is 0 Å². The first-order chi connectivity index (χ1) is 17.4. The second-order valence-electron chi connectivity index (χ2n) is 9.38. The van der Waals surface area contributed by atoms with Crippen molar-refractivity contribution in [1.82, 2.24) is 14.7 Å². The van der Waals surface area contributed by atoms with E-state index in [2.05, 4.69) is 23.8 Å². The van der Waals surface area contributed by atoms with Crippen molar-refractivity contribution in [3.63, 3.8) is 0 Å². The highest BCUT2D eigenvalue weighted by molar-refractivity contribution is 6.06. The molecule has 2 aromatic carbocycles. The SMILES string of the molecule is COC(=O)c1c(-c2cccc(OCCN3CC(C)CC(C)C3)c2)nn(-c2ccccc2)c1C(=O)OC. The van der Waals surface area contributed by atoms with Gasteiger partial charge in [0.15, 0.2) is 5.69 Å². The fourth-order valence-electron chi connectivity index (χ4n) is 4.96.